The lowest BCUT2D eigenvalue weighted by molar-refractivity contribution is 0.313. The van der Waals surface area contributed by atoms with Gasteiger partial charge in [-0.2, -0.15) is 5.10 Å². The van der Waals surface area contributed by atoms with Crippen LogP contribution >= 0.6 is 0 Å². The van der Waals surface area contributed by atoms with Crippen molar-refractivity contribution < 1.29 is 0 Å². The summed E-state index contributed by atoms with van der Waals surface area (Å²) in [7, 11) is 4.20. The third-order valence-electron chi connectivity index (χ3n) is 7.72. The van der Waals surface area contributed by atoms with Crippen LogP contribution in [0.15, 0.2) is 43.1 Å². The number of unbranched alkanes of at least 4 members (excludes halogenated alkanes) is 1. The average Bonchev–Trinajstić information content (AvgIpc) is 3.46. The predicted molar refractivity (Wildman–Crippen MR) is 162 cm³/mol. The van der Waals surface area contributed by atoms with Crippen LogP contribution < -0.4 is 10.2 Å². The number of rotatable bonds is 10. The minimum absolute atomic E-state index is 0.815. The van der Waals surface area contributed by atoms with Crippen LogP contribution in [0.3, 0.4) is 0 Å². The molecule has 4 heterocycles. The number of fused-ring (bicyclic) bond motifs is 1. The molecule has 0 aliphatic carbocycles. The molecule has 1 N–H and O–H groups in total. The Labute approximate surface area is 232 Å². The second kappa shape index (κ2) is 11.6. The number of aryl methyl sites for hydroxylation is 3. The van der Waals surface area contributed by atoms with Crippen molar-refractivity contribution in [3.05, 3.63) is 60.1 Å². The van der Waals surface area contributed by atoms with Crippen LogP contribution in [0.1, 0.15) is 50.1 Å². The summed E-state index contributed by atoms with van der Waals surface area (Å²) in [5, 5.41) is 8.08. The minimum atomic E-state index is 0.815. The Bertz CT molecular complexity index is 1460. The molecule has 0 spiro atoms. The molecule has 39 heavy (non-hydrogen) atoms. The molecule has 0 radical (unpaired) electrons. The molecule has 1 aliphatic rings. The van der Waals surface area contributed by atoms with E-state index >= 15 is 0 Å². The van der Waals surface area contributed by atoms with E-state index in [1.807, 2.05) is 24.9 Å². The van der Waals surface area contributed by atoms with Gasteiger partial charge < -0.3 is 19.7 Å². The lowest BCUT2D eigenvalue weighted by Gasteiger charge is -2.34. The first-order valence-electron chi connectivity index (χ1n) is 14.3. The van der Waals surface area contributed by atoms with Gasteiger partial charge in [0.15, 0.2) is 0 Å². The normalized spacial score (nSPS) is 14.3. The molecule has 3 aromatic heterocycles. The molecule has 0 bridgehead atoms. The highest BCUT2D eigenvalue weighted by Crippen LogP contribution is 2.30. The second-order valence-corrected chi connectivity index (χ2v) is 10.8. The summed E-state index contributed by atoms with van der Waals surface area (Å²) in [5.41, 5.74) is 9.44. The lowest BCUT2D eigenvalue weighted by atomic mass is 10.0. The standard InChI is InChI=1S/C31H42N8/c1-7-9-13-39-30-20-25(38-16-14-36(5)15-17-38)11-12-27(30)35-31(39)34-23(4)24-18-22(3)33-28(19-24)26-21-32-37(6)29(26)10-8-2/h11-12,18-21H,4,7-10,13-17H2,1-3,5-6H3,(H,34,35). The quantitative estimate of drug-likeness (QED) is 0.285. The number of likely N-dealkylation sites (N-methyl/N-ethyl adjacent to an activating group) is 1. The van der Waals surface area contributed by atoms with Crippen molar-refractivity contribution in [1.29, 1.82) is 0 Å². The molecule has 4 aromatic rings. The van der Waals surface area contributed by atoms with Crippen molar-refractivity contribution in [2.45, 2.75) is 53.0 Å². The van der Waals surface area contributed by atoms with Crippen LogP contribution in [-0.4, -0.2) is 62.4 Å². The van der Waals surface area contributed by atoms with Gasteiger partial charge in [-0.1, -0.05) is 33.3 Å². The van der Waals surface area contributed by atoms with E-state index in [4.69, 9.17) is 9.97 Å². The monoisotopic (exact) mass is 526 g/mol. The van der Waals surface area contributed by atoms with E-state index in [2.05, 4.69) is 82.6 Å². The maximum absolute atomic E-state index is 5.01. The number of imidazole rings is 1. The van der Waals surface area contributed by atoms with Crippen molar-refractivity contribution in [3.63, 3.8) is 0 Å². The van der Waals surface area contributed by atoms with Crippen molar-refractivity contribution >= 4 is 28.4 Å². The van der Waals surface area contributed by atoms with Crippen LogP contribution in [0.4, 0.5) is 11.6 Å². The van der Waals surface area contributed by atoms with Gasteiger partial charge >= 0.3 is 0 Å². The van der Waals surface area contributed by atoms with Crippen LogP contribution in [0.5, 0.6) is 0 Å². The molecular weight excluding hydrogens is 484 g/mol. The first kappa shape index (κ1) is 26.9. The highest BCUT2D eigenvalue weighted by Gasteiger charge is 2.18. The largest absolute Gasteiger partial charge is 0.369 e. The van der Waals surface area contributed by atoms with Gasteiger partial charge in [-0.3, -0.25) is 9.67 Å². The molecule has 0 amide bonds. The number of anilines is 2. The Hall–Kier alpha value is -3.65. The third kappa shape index (κ3) is 5.71. The molecule has 206 valence electrons. The molecule has 0 atom stereocenters. The first-order chi connectivity index (χ1) is 18.9. The third-order valence-corrected chi connectivity index (χ3v) is 7.72. The van der Waals surface area contributed by atoms with E-state index in [1.165, 1.54) is 16.9 Å². The summed E-state index contributed by atoms with van der Waals surface area (Å²) >= 11 is 0. The first-order valence-corrected chi connectivity index (χ1v) is 14.3. The lowest BCUT2D eigenvalue weighted by Crippen LogP contribution is -2.44. The molecule has 1 fully saturated rings. The fourth-order valence-corrected chi connectivity index (χ4v) is 5.41. The molecular formula is C31H42N8. The molecule has 1 aliphatic heterocycles. The summed E-state index contributed by atoms with van der Waals surface area (Å²) in [6.45, 7) is 16.1. The SMILES string of the molecule is C=C(Nc1nc2ccc(N3CCN(C)CC3)cc2n1CCCC)c1cc(C)nc(-c2cnn(C)c2CCC)c1. The summed E-state index contributed by atoms with van der Waals surface area (Å²) in [6, 6.07) is 10.9. The molecule has 0 unspecified atom stereocenters. The van der Waals surface area contributed by atoms with E-state index in [0.717, 1.165) is 98.1 Å². The van der Waals surface area contributed by atoms with Crippen molar-refractivity contribution in [2.75, 3.05) is 43.4 Å². The van der Waals surface area contributed by atoms with Crippen molar-refractivity contribution in [1.82, 2.24) is 29.2 Å². The molecule has 8 nitrogen and oxygen atoms in total. The number of hydrogen-bond donors (Lipinski definition) is 1. The van der Waals surface area contributed by atoms with Crippen LogP contribution in [0, 0.1) is 6.92 Å². The zero-order chi connectivity index (χ0) is 27.5. The van der Waals surface area contributed by atoms with Crippen molar-refractivity contribution in [3.8, 4) is 11.3 Å². The molecule has 1 saturated heterocycles. The van der Waals surface area contributed by atoms with Crippen LogP contribution in [-0.2, 0) is 20.0 Å². The van der Waals surface area contributed by atoms with E-state index in [1.54, 1.807) is 0 Å². The number of hydrogen-bond acceptors (Lipinski definition) is 6. The zero-order valence-electron chi connectivity index (χ0n) is 24.2. The van der Waals surface area contributed by atoms with E-state index in [-0.39, 0.29) is 0 Å². The Morgan fingerprint density at radius 1 is 1.00 bits per heavy atom. The average molecular weight is 527 g/mol. The molecule has 8 heteroatoms. The van der Waals surface area contributed by atoms with Gasteiger partial charge in [-0.05, 0) is 57.1 Å². The van der Waals surface area contributed by atoms with E-state index < -0.39 is 0 Å². The van der Waals surface area contributed by atoms with Gasteiger partial charge in [-0.15, -0.1) is 0 Å². The smallest absolute Gasteiger partial charge is 0.208 e. The Morgan fingerprint density at radius 2 is 1.79 bits per heavy atom. The van der Waals surface area contributed by atoms with Gasteiger partial charge in [0.25, 0.3) is 0 Å². The van der Waals surface area contributed by atoms with Crippen LogP contribution in [0.2, 0.25) is 0 Å². The summed E-state index contributed by atoms with van der Waals surface area (Å²) in [4.78, 5) is 14.7. The maximum atomic E-state index is 5.01. The molecule has 0 saturated carbocycles. The minimum Gasteiger partial charge on any atom is -0.369 e. The summed E-state index contributed by atoms with van der Waals surface area (Å²) < 4.78 is 4.28. The Morgan fingerprint density at radius 3 is 2.54 bits per heavy atom. The number of piperazine rings is 1. The van der Waals surface area contributed by atoms with Gasteiger partial charge in [0.05, 0.1) is 22.9 Å². The number of pyridine rings is 1. The number of nitrogens with zero attached hydrogens (tertiary/aromatic N) is 7. The Balaban J connectivity index is 1.46. The zero-order valence-corrected chi connectivity index (χ0v) is 24.2. The highest BCUT2D eigenvalue weighted by atomic mass is 15.3. The fraction of sp³-hybridized carbons (Fsp3) is 0.452. The van der Waals surface area contributed by atoms with Crippen molar-refractivity contribution in [2.24, 2.45) is 7.05 Å². The highest BCUT2D eigenvalue weighted by molar-refractivity contribution is 5.85. The fourth-order valence-electron chi connectivity index (χ4n) is 5.41. The topological polar surface area (TPSA) is 67.0 Å². The van der Waals surface area contributed by atoms with Gasteiger partial charge in [0, 0.05) is 73.7 Å². The molecule has 1 aromatic carbocycles. The van der Waals surface area contributed by atoms with Gasteiger partial charge in [0.1, 0.15) is 0 Å². The van der Waals surface area contributed by atoms with Gasteiger partial charge in [-0.25, -0.2) is 4.98 Å². The number of nitrogens with one attached hydrogen (secondary N) is 1. The number of aromatic nitrogens is 5. The van der Waals surface area contributed by atoms with E-state index in [0.29, 0.717) is 0 Å². The second-order valence-electron chi connectivity index (χ2n) is 10.8. The maximum Gasteiger partial charge on any atom is 0.208 e. The van der Waals surface area contributed by atoms with Crippen LogP contribution in [0.25, 0.3) is 28.0 Å². The number of benzene rings is 1. The Kier molecular flexibility index (Phi) is 8.02. The van der Waals surface area contributed by atoms with Gasteiger partial charge in [0.2, 0.25) is 5.95 Å². The summed E-state index contributed by atoms with van der Waals surface area (Å²) in [5.74, 6) is 0.836. The molecule has 5 rings (SSSR count). The van der Waals surface area contributed by atoms with E-state index in [9.17, 15) is 0 Å². The summed E-state index contributed by atoms with van der Waals surface area (Å²) in [6.07, 6.45) is 6.16. The predicted octanol–water partition coefficient (Wildman–Crippen LogP) is 5.73.